The highest BCUT2D eigenvalue weighted by molar-refractivity contribution is 7.89. The summed E-state index contributed by atoms with van der Waals surface area (Å²) in [6.45, 7) is 0. The van der Waals surface area contributed by atoms with Crippen molar-refractivity contribution in [2.45, 2.75) is 30.1 Å². The Hall–Kier alpha value is -1.51. The number of thiazole rings is 1. The molecule has 6 nitrogen and oxygen atoms in total. The molecule has 0 fully saturated rings. The third kappa shape index (κ3) is 2.78. The van der Waals surface area contributed by atoms with Gasteiger partial charge in [0.2, 0.25) is 10.0 Å². The van der Waals surface area contributed by atoms with Crippen LogP contribution in [0.15, 0.2) is 23.2 Å². The Bertz CT molecular complexity index is 753. The van der Waals surface area contributed by atoms with Crippen LogP contribution in [0.3, 0.4) is 0 Å². The van der Waals surface area contributed by atoms with Crippen LogP contribution in [-0.4, -0.2) is 25.4 Å². The van der Waals surface area contributed by atoms with Crippen molar-refractivity contribution in [3.8, 4) is 0 Å². The second kappa shape index (κ2) is 5.36. The Balaban J connectivity index is 1.83. The van der Waals surface area contributed by atoms with Gasteiger partial charge >= 0.3 is 0 Å². The number of hydrogen-bond acceptors (Lipinski definition) is 6. The molecule has 2 aromatic rings. The van der Waals surface area contributed by atoms with E-state index in [1.165, 1.54) is 29.5 Å². The topological polar surface area (TPSA) is 98.0 Å². The van der Waals surface area contributed by atoms with E-state index in [9.17, 15) is 8.42 Å². The van der Waals surface area contributed by atoms with Gasteiger partial charge in [-0.3, -0.25) is 4.98 Å². The van der Waals surface area contributed by atoms with Crippen LogP contribution in [0.5, 0.6) is 0 Å². The number of aromatic nitrogens is 2. The van der Waals surface area contributed by atoms with Crippen molar-refractivity contribution in [2.75, 3.05) is 12.8 Å². The minimum absolute atomic E-state index is 0.187. The maximum atomic E-state index is 11.7. The number of nitrogens with two attached hydrogens (primary N) is 1. The third-order valence-corrected chi connectivity index (χ3v) is 6.06. The van der Waals surface area contributed by atoms with Crippen molar-refractivity contribution in [1.29, 1.82) is 0 Å². The lowest BCUT2D eigenvalue weighted by Gasteiger charge is -2.20. The van der Waals surface area contributed by atoms with Gasteiger partial charge in [-0.25, -0.2) is 18.1 Å². The fourth-order valence-corrected chi connectivity index (χ4v) is 4.19. The molecule has 0 aromatic carbocycles. The van der Waals surface area contributed by atoms with Crippen LogP contribution in [0.4, 0.5) is 5.13 Å². The van der Waals surface area contributed by atoms with Crippen molar-refractivity contribution in [1.82, 2.24) is 14.7 Å². The lowest BCUT2D eigenvalue weighted by molar-refractivity contribution is 0.568. The summed E-state index contributed by atoms with van der Waals surface area (Å²) in [4.78, 5) is 10.1. The lowest BCUT2D eigenvalue weighted by atomic mass is 9.88. The third-order valence-electron chi connectivity index (χ3n) is 3.71. The second-order valence-corrected chi connectivity index (χ2v) is 7.99. The largest absolute Gasteiger partial charge is 0.375 e. The van der Waals surface area contributed by atoms with E-state index < -0.39 is 10.0 Å². The first-order valence-corrected chi connectivity index (χ1v) is 8.93. The van der Waals surface area contributed by atoms with Crippen molar-refractivity contribution in [2.24, 2.45) is 0 Å². The van der Waals surface area contributed by atoms with Crippen LogP contribution in [0.1, 0.15) is 28.6 Å². The molecule has 0 radical (unpaired) electrons. The number of anilines is 1. The molecule has 8 heteroatoms. The number of nitrogens with one attached hydrogen (secondary N) is 1. The zero-order valence-corrected chi connectivity index (χ0v) is 13.2. The molecule has 2 aromatic heterocycles. The predicted octanol–water partition coefficient (Wildman–Crippen LogP) is 1.30. The van der Waals surface area contributed by atoms with Crippen molar-refractivity contribution in [3.63, 3.8) is 0 Å². The Kier molecular flexibility index (Phi) is 3.68. The van der Waals surface area contributed by atoms with Gasteiger partial charge in [-0.2, -0.15) is 0 Å². The SMILES string of the molecule is CNS(=O)(=O)c1ccc(C2CCc3nc(N)sc3C2)nc1. The second-order valence-electron chi connectivity index (χ2n) is 4.99. The Morgan fingerprint density at radius 3 is 2.90 bits per heavy atom. The standard InChI is InChI=1S/C13H16N4O2S2/c1-15-21(18,19)9-3-5-10(16-7-9)8-2-4-11-12(6-8)20-13(14)17-11/h3,5,7-8,15H,2,4,6H2,1H3,(H2,14,17). The molecule has 0 amide bonds. The number of nitrogens with zero attached hydrogens (tertiary/aromatic N) is 2. The van der Waals surface area contributed by atoms with Crippen LogP contribution in [0, 0.1) is 0 Å². The highest BCUT2D eigenvalue weighted by Gasteiger charge is 2.24. The summed E-state index contributed by atoms with van der Waals surface area (Å²) in [5.41, 5.74) is 7.76. The van der Waals surface area contributed by atoms with E-state index in [1.807, 2.05) is 0 Å². The zero-order valence-electron chi connectivity index (χ0n) is 11.5. The van der Waals surface area contributed by atoms with Gasteiger partial charge in [0, 0.05) is 22.7 Å². The molecule has 2 heterocycles. The number of nitrogen functional groups attached to an aromatic ring is 1. The van der Waals surface area contributed by atoms with Crippen LogP contribution in [0.25, 0.3) is 0 Å². The van der Waals surface area contributed by atoms with Crippen LogP contribution < -0.4 is 10.5 Å². The summed E-state index contributed by atoms with van der Waals surface area (Å²) in [6, 6.07) is 3.40. The first kappa shape index (κ1) is 14.4. The minimum Gasteiger partial charge on any atom is -0.375 e. The molecular formula is C13H16N4O2S2. The fourth-order valence-electron chi connectivity index (χ4n) is 2.56. The van der Waals surface area contributed by atoms with Crippen LogP contribution in [-0.2, 0) is 22.9 Å². The van der Waals surface area contributed by atoms with E-state index in [0.717, 1.165) is 30.7 Å². The molecule has 21 heavy (non-hydrogen) atoms. The lowest BCUT2D eigenvalue weighted by Crippen LogP contribution is -2.19. The zero-order chi connectivity index (χ0) is 15.0. The average molecular weight is 324 g/mol. The summed E-state index contributed by atoms with van der Waals surface area (Å²) in [5.74, 6) is 0.295. The number of hydrogen-bond donors (Lipinski definition) is 2. The van der Waals surface area contributed by atoms with Crippen LogP contribution >= 0.6 is 11.3 Å². The van der Waals surface area contributed by atoms with E-state index in [0.29, 0.717) is 11.0 Å². The molecular weight excluding hydrogens is 308 g/mol. The minimum atomic E-state index is -3.43. The van der Waals surface area contributed by atoms with Gasteiger partial charge in [0.15, 0.2) is 5.13 Å². The highest BCUT2D eigenvalue weighted by Crippen LogP contribution is 2.35. The summed E-state index contributed by atoms with van der Waals surface area (Å²) in [5, 5.41) is 0.615. The Labute approximate surface area is 127 Å². The summed E-state index contributed by atoms with van der Waals surface area (Å²) in [6.07, 6.45) is 4.14. The predicted molar refractivity (Wildman–Crippen MR) is 81.8 cm³/mol. The molecule has 0 saturated carbocycles. The van der Waals surface area contributed by atoms with E-state index >= 15 is 0 Å². The quantitative estimate of drug-likeness (QED) is 0.887. The van der Waals surface area contributed by atoms with Crippen molar-refractivity contribution < 1.29 is 8.42 Å². The molecule has 112 valence electrons. The van der Waals surface area contributed by atoms with Gasteiger partial charge in [-0.05, 0) is 38.4 Å². The van der Waals surface area contributed by atoms with Gasteiger partial charge in [-0.1, -0.05) is 0 Å². The van der Waals surface area contributed by atoms with Crippen LogP contribution in [0.2, 0.25) is 0 Å². The summed E-state index contributed by atoms with van der Waals surface area (Å²) < 4.78 is 25.7. The first-order valence-electron chi connectivity index (χ1n) is 6.63. The molecule has 1 unspecified atom stereocenters. The Morgan fingerprint density at radius 1 is 1.43 bits per heavy atom. The number of fused-ring (bicyclic) bond motifs is 1. The molecule has 1 atom stereocenters. The van der Waals surface area contributed by atoms with Crippen molar-refractivity contribution >= 4 is 26.5 Å². The number of rotatable bonds is 3. The van der Waals surface area contributed by atoms with E-state index in [-0.39, 0.29) is 4.90 Å². The van der Waals surface area contributed by atoms with E-state index in [1.54, 1.807) is 12.1 Å². The van der Waals surface area contributed by atoms with Gasteiger partial charge < -0.3 is 5.73 Å². The molecule has 0 aliphatic heterocycles. The van der Waals surface area contributed by atoms with Gasteiger partial charge in [-0.15, -0.1) is 11.3 Å². The highest BCUT2D eigenvalue weighted by atomic mass is 32.2. The molecule has 3 N–H and O–H groups in total. The molecule has 3 rings (SSSR count). The van der Waals surface area contributed by atoms with Gasteiger partial charge in [0.05, 0.1) is 5.69 Å². The average Bonchev–Trinajstić information content (AvgIpc) is 2.86. The molecule has 0 spiro atoms. The monoisotopic (exact) mass is 324 g/mol. The molecule has 1 aliphatic rings. The Morgan fingerprint density at radius 2 is 2.24 bits per heavy atom. The normalized spacial score (nSPS) is 18.4. The maximum Gasteiger partial charge on any atom is 0.241 e. The maximum absolute atomic E-state index is 11.7. The molecule has 0 bridgehead atoms. The molecule has 0 saturated heterocycles. The van der Waals surface area contributed by atoms with Gasteiger partial charge in [0.1, 0.15) is 4.90 Å². The number of sulfonamides is 1. The first-order chi connectivity index (χ1) is 9.99. The van der Waals surface area contributed by atoms with Gasteiger partial charge in [0.25, 0.3) is 0 Å². The summed E-state index contributed by atoms with van der Waals surface area (Å²) in [7, 11) is -2.04. The fraction of sp³-hybridized carbons (Fsp3) is 0.385. The van der Waals surface area contributed by atoms with E-state index in [4.69, 9.17) is 5.73 Å². The molecule has 1 aliphatic carbocycles. The van der Waals surface area contributed by atoms with E-state index in [2.05, 4.69) is 14.7 Å². The smallest absolute Gasteiger partial charge is 0.241 e. The summed E-state index contributed by atoms with van der Waals surface area (Å²) >= 11 is 1.53. The number of aryl methyl sites for hydroxylation is 1. The number of pyridine rings is 1. The van der Waals surface area contributed by atoms with Crippen molar-refractivity contribution in [3.05, 3.63) is 34.6 Å².